The number of urea groups is 1. The molecule has 4 rings (SSSR count). The summed E-state index contributed by atoms with van der Waals surface area (Å²) in [7, 11) is 0. The van der Waals surface area contributed by atoms with Gasteiger partial charge in [-0.3, -0.25) is 10.2 Å². The van der Waals surface area contributed by atoms with Crippen LogP contribution in [0.2, 0.25) is 0 Å². The van der Waals surface area contributed by atoms with E-state index in [2.05, 4.69) is 20.5 Å². The van der Waals surface area contributed by atoms with Crippen molar-refractivity contribution in [1.29, 1.82) is 0 Å². The summed E-state index contributed by atoms with van der Waals surface area (Å²) in [6.45, 7) is 2.55. The number of hydrogen-bond donors (Lipinski definition) is 2. The molecule has 3 heterocycles. The summed E-state index contributed by atoms with van der Waals surface area (Å²) < 4.78 is 5.63. The van der Waals surface area contributed by atoms with Crippen LogP contribution in [0.15, 0.2) is 58.5 Å². The van der Waals surface area contributed by atoms with Gasteiger partial charge in [0.05, 0.1) is 18.0 Å². The van der Waals surface area contributed by atoms with Gasteiger partial charge < -0.3 is 9.73 Å². The van der Waals surface area contributed by atoms with Crippen molar-refractivity contribution in [1.82, 2.24) is 15.2 Å². The third kappa shape index (κ3) is 4.61. The molecule has 0 saturated carbocycles. The highest BCUT2D eigenvalue weighted by Gasteiger charge is 2.25. The minimum absolute atomic E-state index is 0.0530. The Morgan fingerprint density at radius 3 is 2.71 bits per heavy atom. The lowest BCUT2D eigenvalue weighted by molar-refractivity contribution is 0.144. The van der Waals surface area contributed by atoms with Crippen LogP contribution in [0.1, 0.15) is 31.1 Å². The second-order valence-electron chi connectivity index (χ2n) is 6.87. The number of furan rings is 1. The number of benzene rings is 1. The summed E-state index contributed by atoms with van der Waals surface area (Å²) >= 11 is 1.42. The number of piperidine rings is 1. The second kappa shape index (κ2) is 9.03. The van der Waals surface area contributed by atoms with Crippen LogP contribution in [0.25, 0.3) is 11.3 Å². The first kappa shape index (κ1) is 18.7. The molecule has 1 unspecified atom stereocenters. The fourth-order valence-electron chi connectivity index (χ4n) is 3.52. The number of anilines is 1. The summed E-state index contributed by atoms with van der Waals surface area (Å²) in [5.74, 6) is 0.891. The van der Waals surface area contributed by atoms with Gasteiger partial charge in [0.15, 0.2) is 5.13 Å². The Balaban J connectivity index is 1.35. The minimum atomic E-state index is -0.248. The molecule has 0 aliphatic carbocycles. The van der Waals surface area contributed by atoms with Gasteiger partial charge >= 0.3 is 6.03 Å². The van der Waals surface area contributed by atoms with Gasteiger partial charge in [0, 0.05) is 17.5 Å². The van der Waals surface area contributed by atoms with Crippen molar-refractivity contribution in [2.24, 2.45) is 0 Å². The molecule has 1 aromatic carbocycles. The molecule has 1 atom stereocenters. The van der Waals surface area contributed by atoms with Crippen LogP contribution in [0.3, 0.4) is 0 Å². The van der Waals surface area contributed by atoms with Crippen LogP contribution in [0, 0.1) is 0 Å². The third-order valence-corrected chi connectivity index (χ3v) is 5.71. The van der Waals surface area contributed by atoms with Crippen molar-refractivity contribution < 1.29 is 9.21 Å². The molecule has 1 aliphatic rings. The van der Waals surface area contributed by atoms with E-state index < -0.39 is 0 Å². The molecular weight excluding hydrogens is 372 g/mol. The van der Waals surface area contributed by atoms with Gasteiger partial charge in [-0.1, -0.05) is 36.8 Å². The third-order valence-electron chi connectivity index (χ3n) is 4.95. The number of aromatic nitrogens is 1. The van der Waals surface area contributed by atoms with Crippen molar-refractivity contribution in [2.45, 2.75) is 25.3 Å². The maximum absolute atomic E-state index is 12.4. The zero-order valence-electron chi connectivity index (χ0n) is 15.6. The lowest BCUT2D eigenvalue weighted by atomic mass is 10.1. The van der Waals surface area contributed by atoms with Crippen LogP contribution >= 0.6 is 11.3 Å². The summed E-state index contributed by atoms with van der Waals surface area (Å²) in [6, 6.07) is 13.6. The molecule has 2 amide bonds. The van der Waals surface area contributed by atoms with Crippen molar-refractivity contribution in [3.63, 3.8) is 0 Å². The molecule has 0 spiro atoms. The van der Waals surface area contributed by atoms with Crippen LogP contribution in [-0.2, 0) is 0 Å². The lowest BCUT2D eigenvalue weighted by Gasteiger charge is -2.33. The first-order chi connectivity index (χ1) is 13.8. The molecule has 146 valence electrons. The number of thiazole rings is 1. The van der Waals surface area contributed by atoms with Crippen LogP contribution in [0.5, 0.6) is 0 Å². The SMILES string of the molecule is O=C(NCC(c1ccco1)N1CCCCC1)Nc1nc(-c2ccccc2)cs1. The number of nitrogens with zero attached hydrogens (tertiary/aromatic N) is 2. The highest BCUT2D eigenvalue weighted by atomic mass is 32.1. The summed E-state index contributed by atoms with van der Waals surface area (Å²) in [5.41, 5.74) is 1.90. The van der Waals surface area contributed by atoms with Crippen LogP contribution in [0.4, 0.5) is 9.93 Å². The van der Waals surface area contributed by atoms with E-state index in [4.69, 9.17) is 4.42 Å². The lowest BCUT2D eigenvalue weighted by Crippen LogP contribution is -2.41. The largest absolute Gasteiger partial charge is 0.468 e. The Morgan fingerprint density at radius 1 is 1.14 bits per heavy atom. The molecule has 1 fully saturated rings. The zero-order chi connectivity index (χ0) is 19.2. The Hall–Kier alpha value is -2.64. The van der Waals surface area contributed by atoms with E-state index in [0.717, 1.165) is 30.1 Å². The average Bonchev–Trinajstić information content (AvgIpc) is 3.42. The first-order valence-corrected chi connectivity index (χ1v) is 10.5. The predicted molar refractivity (Wildman–Crippen MR) is 111 cm³/mol. The van der Waals surface area contributed by atoms with E-state index in [1.807, 2.05) is 47.8 Å². The molecule has 3 aromatic rings. The van der Waals surface area contributed by atoms with Gasteiger partial charge in [0.25, 0.3) is 0 Å². The fourth-order valence-corrected chi connectivity index (χ4v) is 4.24. The molecular formula is C21H24N4O2S. The maximum atomic E-state index is 12.4. The molecule has 2 aromatic heterocycles. The number of carbonyl (C=O) groups excluding carboxylic acids is 1. The average molecular weight is 397 g/mol. The van der Waals surface area contributed by atoms with Gasteiger partial charge in [-0.15, -0.1) is 11.3 Å². The van der Waals surface area contributed by atoms with Crippen LogP contribution in [-0.4, -0.2) is 35.5 Å². The maximum Gasteiger partial charge on any atom is 0.321 e. The monoisotopic (exact) mass is 396 g/mol. The molecule has 0 radical (unpaired) electrons. The molecule has 6 nitrogen and oxygen atoms in total. The number of carbonyl (C=O) groups is 1. The first-order valence-electron chi connectivity index (χ1n) is 9.63. The van der Waals surface area contributed by atoms with Gasteiger partial charge in [-0.2, -0.15) is 0 Å². The van der Waals surface area contributed by atoms with Gasteiger partial charge in [-0.25, -0.2) is 9.78 Å². The number of nitrogens with one attached hydrogen (secondary N) is 2. The molecule has 2 N–H and O–H groups in total. The Bertz CT molecular complexity index is 873. The van der Waals surface area contributed by atoms with E-state index in [0.29, 0.717) is 11.7 Å². The van der Waals surface area contributed by atoms with E-state index >= 15 is 0 Å². The molecule has 1 saturated heterocycles. The summed E-state index contributed by atoms with van der Waals surface area (Å²) in [6.07, 6.45) is 5.33. The quantitative estimate of drug-likeness (QED) is 0.631. The van der Waals surface area contributed by atoms with E-state index in [9.17, 15) is 4.79 Å². The van der Waals surface area contributed by atoms with E-state index in [-0.39, 0.29) is 12.1 Å². The molecule has 7 heteroatoms. The highest BCUT2D eigenvalue weighted by Crippen LogP contribution is 2.26. The zero-order valence-corrected chi connectivity index (χ0v) is 16.5. The number of hydrogen-bond acceptors (Lipinski definition) is 5. The molecule has 0 bridgehead atoms. The fraction of sp³-hybridized carbons (Fsp3) is 0.333. The number of likely N-dealkylation sites (tertiary alicyclic amines) is 1. The minimum Gasteiger partial charge on any atom is -0.468 e. The van der Waals surface area contributed by atoms with E-state index in [1.165, 1.54) is 30.6 Å². The topological polar surface area (TPSA) is 70.4 Å². The van der Waals surface area contributed by atoms with Gasteiger partial charge in [-0.05, 0) is 38.1 Å². The standard InChI is InChI=1S/C21H24N4O2S/c26-20(24-21-23-17(15-28-21)16-8-3-1-4-9-16)22-14-18(19-10-7-13-27-19)25-11-5-2-6-12-25/h1,3-4,7-10,13,15,18H,2,5-6,11-12,14H2,(H2,22,23,24,26). The van der Waals surface area contributed by atoms with Crippen molar-refractivity contribution in [2.75, 3.05) is 25.0 Å². The van der Waals surface area contributed by atoms with E-state index in [1.54, 1.807) is 6.26 Å². The summed E-state index contributed by atoms with van der Waals surface area (Å²) in [5, 5.41) is 8.36. The van der Waals surface area contributed by atoms with Gasteiger partial charge in [0.2, 0.25) is 0 Å². The molecule has 1 aliphatic heterocycles. The smallest absolute Gasteiger partial charge is 0.321 e. The highest BCUT2D eigenvalue weighted by molar-refractivity contribution is 7.14. The second-order valence-corrected chi connectivity index (χ2v) is 7.72. The number of rotatable bonds is 6. The Kier molecular flexibility index (Phi) is 6.04. The normalized spacial score (nSPS) is 15.9. The van der Waals surface area contributed by atoms with Crippen molar-refractivity contribution in [3.05, 3.63) is 59.9 Å². The Labute approximate surface area is 168 Å². The summed E-state index contributed by atoms with van der Waals surface area (Å²) in [4.78, 5) is 19.3. The van der Waals surface area contributed by atoms with Crippen molar-refractivity contribution >= 4 is 22.5 Å². The predicted octanol–water partition coefficient (Wildman–Crippen LogP) is 4.75. The Morgan fingerprint density at radius 2 is 1.96 bits per heavy atom. The number of amides is 2. The van der Waals surface area contributed by atoms with Gasteiger partial charge in [0.1, 0.15) is 5.76 Å². The van der Waals surface area contributed by atoms with Crippen LogP contribution < -0.4 is 10.6 Å². The van der Waals surface area contributed by atoms with Crippen molar-refractivity contribution in [3.8, 4) is 11.3 Å². The molecule has 28 heavy (non-hydrogen) atoms.